The first-order chi connectivity index (χ1) is 5.07. The Morgan fingerprint density at radius 3 is 1.50 bits per heavy atom. The van der Waals surface area contributed by atoms with Crippen LogP contribution in [0, 0.1) is 0 Å². The minimum absolute atomic E-state index is 2.49. The highest BCUT2D eigenvalue weighted by molar-refractivity contribution is 7.84. The van der Waals surface area contributed by atoms with Crippen molar-refractivity contribution in [3.8, 4) is 0 Å². The number of nitrogens with zero attached hydrogens (tertiary/aromatic N) is 1. The van der Waals surface area contributed by atoms with Crippen molar-refractivity contribution in [2.45, 2.75) is 12.8 Å². The van der Waals surface area contributed by atoms with Gasteiger partial charge in [-0.25, -0.2) is 0 Å². The molecule has 0 N–H and O–H groups in total. The summed E-state index contributed by atoms with van der Waals surface area (Å²) in [6, 6.07) is 0. The number of alkyl halides is 5. The van der Waals surface area contributed by atoms with Gasteiger partial charge in [0, 0.05) is 0 Å². The van der Waals surface area contributed by atoms with Gasteiger partial charge in [-0.05, 0) is 4.31 Å². The molecule has 0 aromatic rings. The van der Waals surface area contributed by atoms with Gasteiger partial charge in [-0.1, -0.05) is 3.89 Å². The standard InChI is InChI=1S/C2HF6NO2S/c3-1(4)9(2(5,6)7)12(8,10)11/h1H. The normalized spacial score (nSPS) is 14.3. The van der Waals surface area contributed by atoms with Crippen LogP contribution in [-0.4, -0.2) is 25.6 Å². The zero-order chi connectivity index (χ0) is 10.2. The van der Waals surface area contributed by atoms with E-state index < -0.39 is 27.6 Å². The lowest BCUT2D eigenvalue weighted by atomic mass is 11.0. The number of halogens is 6. The Morgan fingerprint density at radius 2 is 1.50 bits per heavy atom. The van der Waals surface area contributed by atoms with Crippen LogP contribution in [0.5, 0.6) is 0 Å². The van der Waals surface area contributed by atoms with Gasteiger partial charge in [0.15, 0.2) is 0 Å². The van der Waals surface area contributed by atoms with Gasteiger partial charge >= 0.3 is 23.3 Å². The van der Waals surface area contributed by atoms with Crippen LogP contribution < -0.4 is 0 Å². The molecule has 0 radical (unpaired) electrons. The van der Waals surface area contributed by atoms with Crippen LogP contribution in [0.25, 0.3) is 0 Å². The van der Waals surface area contributed by atoms with Crippen LogP contribution in [-0.2, 0) is 10.4 Å². The fourth-order valence-corrected chi connectivity index (χ4v) is 0.767. The average molecular weight is 217 g/mol. The summed E-state index contributed by atoms with van der Waals surface area (Å²) in [5, 5.41) is 0. The molecular formula is C2HF6NO2S. The monoisotopic (exact) mass is 217 g/mol. The van der Waals surface area contributed by atoms with E-state index in [0.29, 0.717) is 0 Å². The third-order valence-corrected chi connectivity index (χ3v) is 1.50. The highest BCUT2D eigenvalue weighted by Crippen LogP contribution is 2.28. The molecule has 0 aliphatic heterocycles. The molecular weight excluding hydrogens is 216 g/mol. The SMILES string of the molecule is O=S(=O)(F)N(C(F)F)C(F)(F)F. The Bertz CT molecular complexity index is 243. The Hall–Kier alpha value is -0.510. The van der Waals surface area contributed by atoms with E-state index in [0.717, 1.165) is 0 Å². The van der Waals surface area contributed by atoms with Crippen molar-refractivity contribution in [1.29, 1.82) is 0 Å². The average Bonchev–Trinajstić information content (AvgIpc) is 1.49. The maximum absolute atomic E-state index is 11.5. The van der Waals surface area contributed by atoms with Gasteiger partial charge in [0.05, 0.1) is 0 Å². The molecule has 0 aliphatic rings. The molecule has 3 nitrogen and oxygen atoms in total. The molecule has 0 bridgehead atoms. The van der Waals surface area contributed by atoms with Gasteiger partial charge in [0.1, 0.15) is 0 Å². The van der Waals surface area contributed by atoms with Crippen LogP contribution in [0.4, 0.5) is 25.8 Å². The van der Waals surface area contributed by atoms with Gasteiger partial charge in [-0.3, -0.25) is 0 Å². The molecule has 0 fully saturated rings. The summed E-state index contributed by atoms with van der Waals surface area (Å²) in [6.45, 7) is -4.49. The largest absolute Gasteiger partial charge is 0.480 e. The molecule has 74 valence electrons. The van der Waals surface area contributed by atoms with Gasteiger partial charge in [0.2, 0.25) is 0 Å². The van der Waals surface area contributed by atoms with Crippen molar-refractivity contribution in [3.63, 3.8) is 0 Å². The summed E-state index contributed by atoms with van der Waals surface area (Å²) in [4.78, 5) is 0. The van der Waals surface area contributed by atoms with E-state index in [1.807, 2.05) is 0 Å². The summed E-state index contributed by atoms with van der Waals surface area (Å²) in [5.74, 6) is 0. The van der Waals surface area contributed by atoms with E-state index in [-0.39, 0.29) is 0 Å². The first-order valence-corrected chi connectivity index (χ1v) is 3.50. The Balaban J connectivity index is 4.97. The number of rotatable bonds is 2. The minimum Gasteiger partial charge on any atom is -0.190 e. The van der Waals surface area contributed by atoms with E-state index >= 15 is 0 Å². The zero-order valence-corrected chi connectivity index (χ0v) is 5.83. The van der Waals surface area contributed by atoms with E-state index in [9.17, 15) is 34.3 Å². The molecule has 0 aromatic carbocycles. The van der Waals surface area contributed by atoms with E-state index in [4.69, 9.17) is 0 Å². The summed E-state index contributed by atoms with van der Waals surface area (Å²) in [7, 11) is -6.46. The van der Waals surface area contributed by atoms with Crippen LogP contribution in [0.2, 0.25) is 0 Å². The second-order valence-electron chi connectivity index (χ2n) is 1.48. The fraction of sp³-hybridized carbons (Fsp3) is 1.00. The number of hydrogen-bond donors (Lipinski definition) is 0. The third kappa shape index (κ3) is 2.85. The molecule has 0 atom stereocenters. The smallest absolute Gasteiger partial charge is 0.190 e. The van der Waals surface area contributed by atoms with Crippen LogP contribution in [0.1, 0.15) is 0 Å². The van der Waals surface area contributed by atoms with E-state index in [1.54, 1.807) is 0 Å². The summed E-state index contributed by atoms with van der Waals surface area (Å²) in [6.07, 6.45) is -5.96. The molecule has 0 saturated heterocycles. The highest BCUT2D eigenvalue weighted by Gasteiger charge is 2.51. The summed E-state index contributed by atoms with van der Waals surface area (Å²) < 4.78 is 84.4. The minimum atomic E-state index is -6.46. The molecule has 12 heavy (non-hydrogen) atoms. The molecule has 0 aromatic heterocycles. The lowest BCUT2D eigenvalue weighted by Crippen LogP contribution is -2.44. The first-order valence-electron chi connectivity index (χ1n) is 2.16. The van der Waals surface area contributed by atoms with Crippen LogP contribution in [0.3, 0.4) is 0 Å². The van der Waals surface area contributed by atoms with Crippen molar-refractivity contribution in [2.24, 2.45) is 0 Å². The van der Waals surface area contributed by atoms with Gasteiger partial charge in [-0.15, -0.1) is 0 Å². The molecule has 0 amide bonds. The maximum atomic E-state index is 11.5. The van der Waals surface area contributed by atoms with Crippen molar-refractivity contribution < 1.29 is 34.3 Å². The zero-order valence-electron chi connectivity index (χ0n) is 5.02. The lowest BCUT2D eigenvalue weighted by molar-refractivity contribution is -0.254. The predicted molar refractivity (Wildman–Crippen MR) is 23.9 cm³/mol. The summed E-state index contributed by atoms with van der Waals surface area (Å²) >= 11 is 0. The Kier molecular flexibility index (Phi) is 2.96. The van der Waals surface area contributed by atoms with Crippen molar-refractivity contribution >= 4 is 10.4 Å². The Morgan fingerprint density at radius 1 is 1.17 bits per heavy atom. The molecule has 0 aliphatic carbocycles. The van der Waals surface area contributed by atoms with Crippen LogP contribution in [0.15, 0.2) is 0 Å². The lowest BCUT2D eigenvalue weighted by Gasteiger charge is -2.17. The van der Waals surface area contributed by atoms with E-state index in [2.05, 4.69) is 0 Å². The molecule has 0 heterocycles. The molecule has 0 spiro atoms. The molecule has 0 saturated carbocycles. The van der Waals surface area contributed by atoms with Gasteiger partial charge in [0.25, 0.3) is 0 Å². The van der Waals surface area contributed by atoms with Gasteiger partial charge in [-0.2, -0.15) is 30.4 Å². The maximum Gasteiger partial charge on any atom is 0.480 e. The second-order valence-corrected chi connectivity index (χ2v) is 2.70. The van der Waals surface area contributed by atoms with Crippen LogP contribution >= 0.6 is 0 Å². The quantitative estimate of drug-likeness (QED) is 0.396. The number of hydrogen-bond acceptors (Lipinski definition) is 2. The first kappa shape index (κ1) is 11.5. The van der Waals surface area contributed by atoms with Crippen molar-refractivity contribution in [1.82, 2.24) is 4.31 Å². The van der Waals surface area contributed by atoms with Crippen molar-refractivity contribution in [2.75, 3.05) is 0 Å². The Labute approximate surface area is 62.9 Å². The third-order valence-electron chi connectivity index (χ3n) is 0.662. The fourth-order valence-electron chi connectivity index (χ4n) is 0.329. The molecule has 10 heteroatoms. The highest BCUT2D eigenvalue weighted by atomic mass is 32.3. The molecule has 0 rings (SSSR count). The van der Waals surface area contributed by atoms with Crippen molar-refractivity contribution in [3.05, 3.63) is 0 Å². The second kappa shape index (κ2) is 3.09. The van der Waals surface area contributed by atoms with E-state index in [1.165, 1.54) is 0 Å². The van der Waals surface area contributed by atoms with Gasteiger partial charge < -0.3 is 0 Å². The predicted octanol–water partition coefficient (Wildman–Crippen LogP) is 1.25. The molecule has 0 unspecified atom stereocenters. The summed E-state index contributed by atoms with van der Waals surface area (Å²) in [5.41, 5.74) is 0. The topological polar surface area (TPSA) is 37.4 Å².